The van der Waals surface area contributed by atoms with Crippen LogP contribution < -0.4 is 0 Å². The van der Waals surface area contributed by atoms with Crippen LogP contribution in [0.2, 0.25) is 0 Å². The molecule has 8 heteroatoms. The van der Waals surface area contributed by atoms with Gasteiger partial charge in [0.05, 0.1) is 13.2 Å². The molecule has 0 aliphatic rings. The van der Waals surface area contributed by atoms with Crippen LogP contribution in [0, 0.1) is 0 Å². The predicted octanol–water partition coefficient (Wildman–Crippen LogP) is -0.798. The van der Waals surface area contributed by atoms with Gasteiger partial charge in [0.25, 0.3) is 0 Å². The average Bonchev–Trinajstić information content (AvgIpc) is 2.15. The molecule has 0 atom stereocenters. The molecule has 0 saturated carbocycles. The molecular weight excluding hydrogens is 228 g/mol. The van der Waals surface area contributed by atoms with Crippen molar-refractivity contribution in [3.63, 3.8) is 0 Å². The summed E-state index contributed by atoms with van der Waals surface area (Å²) in [6.07, 6.45) is -1.28. The van der Waals surface area contributed by atoms with Gasteiger partial charge in [-0.1, -0.05) is 0 Å². The number of aliphatic hydroxyl groups excluding tert-OH is 2. The van der Waals surface area contributed by atoms with Crippen molar-refractivity contribution in [3.8, 4) is 0 Å². The molecule has 15 heavy (non-hydrogen) atoms. The Morgan fingerprint density at radius 2 is 1.53 bits per heavy atom. The molecule has 0 amide bonds. The minimum atomic E-state index is -4.57. The van der Waals surface area contributed by atoms with Crippen LogP contribution in [0.5, 0.6) is 0 Å². The first-order valence-corrected chi connectivity index (χ1v) is 5.72. The Kier molecular flexibility index (Phi) is 11.7. The Morgan fingerprint density at radius 3 is 1.60 bits per heavy atom. The van der Waals surface area contributed by atoms with Gasteiger partial charge in [-0.05, 0) is 13.8 Å². The fraction of sp³-hybridized carbons (Fsp3) is 1.00. The standard InChI is InChI=1S/C4H10O.C3H8O6S/c1-3-5-4-2;4-1-3(2-5)9-10(6,7)8/h3-4H2,1-2H3;3-5H,1-2H2,(H,6,7,8). The lowest BCUT2D eigenvalue weighted by atomic mass is 10.4. The van der Waals surface area contributed by atoms with E-state index >= 15 is 0 Å². The molecule has 0 rings (SSSR count). The van der Waals surface area contributed by atoms with E-state index in [1.165, 1.54) is 0 Å². The lowest BCUT2D eigenvalue weighted by Crippen LogP contribution is -2.25. The van der Waals surface area contributed by atoms with Crippen molar-refractivity contribution in [3.05, 3.63) is 0 Å². The molecule has 0 aromatic carbocycles. The number of ether oxygens (including phenoxy) is 1. The maximum Gasteiger partial charge on any atom is 0.397 e. The van der Waals surface area contributed by atoms with Crippen molar-refractivity contribution in [1.82, 2.24) is 0 Å². The smallest absolute Gasteiger partial charge is 0.394 e. The number of aliphatic hydroxyl groups is 2. The summed E-state index contributed by atoms with van der Waals surface area (Å²) in [4.78, 5) is 0. The van der Waals surface area contributed by atoms with Crippen LogP contribution in [0.3, 0.4) is 0 Å². The van der Waals surface area contributed by atoms with E-state index < -0.39 is 29.7 Å². The van der Waals surface area contributed by atoms with E-state index in [4.69, 9.17) is 19.5 Å². The fourth-order valence-electron chi connectivity index (χ4n) is 0.495. The van der Waals surface area contributed by atoms with Crippen molar-refractivity contribution in [2.24, 2.45) is 0 Å². The Labute approximate surface area is 89.6 Å². The molecule has 0 saturated heterocycles. The highest BCUT2D eigenvalue weighted by Gasteiger charge is 2.14. The van der Waals surface area contributed by atoms with Gasteiger partial charge in [0.15, 0.2) is 0 Å². The molecule has 0 aliphatic heterocycles. The summed E-state index contributed by atoms with van der Waals surface area (Å²) in [6, 6.07) is 0. The monoisotopic (exact) mass is 246 g/mol. The van der Waals surface area contributed by atoms with Crippen LogP contribution in [0.4, 0.5) is 0 Å². The van der Waals surface area contributed by atoms with E-state index in [1.807, 2.05) is 13.8 Å². The van der Waals surface area contributed by atoms with Crippen molar-refractivity contribution in [1.29, 1.82) is 0 Å². The summed E-state index contributed by atoms with van der Waals surface area (Å²) in [5, 5.41) is 16.5. The normalized spacial score (nSPS) is 11.1. The average molecular weight is 246 g/mol. The highest BCUT2D eigenvalue weighted by molar-refractivity contribution is 7.80. The van der Waals surface area contributed by atoms with Gasteiger partial charge < -0.3 is 14.9 Å². The van der Waals surface area contributed by atoms with Crippen molar-refractivity contribution in [2.45, 2.75) is 20.0 Å². The minimum absolute atomic E-state index is 0.670. The molecular formula is C7H18O7S. The minimum Gasteiger partial charge on any atom is -0.394 e. The molecule has 0 aromatic heterocycles. The van der Waals surface area contributed by atoms with Gasteiger partial charge in [-0.3, -0.25) is 4.55 Å². The van der Waals surface area contributed by atoms with Gasteiger partial charge in [0, 0.05) is 13.2 Å². The zero-order valence-electron chi connectivity index (χ0n) is 8.79. The summed E-state index contributed by atoms with van der Waals surface area (Å²) in [5.74, 6) is 0. The van der Waals surface area contributed by atoms with Crippen LogP contribution in [0.1, 0.15) is 13.8 Å². The van der Waals surface area contributed by atoms with Crippen LogP contribution in [-0.2, 0) is 19.3 Å². The summed E-state index contributed by atoms with van der Waals surface area (Å²) in [6.45, 7) is 4.33. The number of rotatable bonds is 6. The summed E-state index contributed by atoms with van der Waals surface area (Å²) in [5.41, 5.74) is 0. The van der Waals surface area contributed by atoms with Gasteiger partial charge in [0.2, 0.25) is 0 Å². The van der Waals surface area contributed by atoms with Gasteiger partial charge in [-0.2, -0.15) is 8.42 Å². The van der Waals surface area contributed by atoms with Crippen LogP contribution in [0.15, 0.2) is 0 Å². The molecule has 3 N–H and O–H groups in total. The lowest BCUT2D eigenvalue weighted by Gasteiger charge is -2.07. The van der Waals surface area contributed by atoms with Gasteiger partial charge in [0.1, 0.15) is 6.10 Å². The molecule has 94 valence electrons. The first-order valence-electron chi connectivity index (χ1n) is 4.36. The van der Waals surface area contributed by atoms with E-state index in [0.29, 0.717) is 0 Å². The first kappa shape index (κ1) is 17.2. The second kappa shape index (κ2) is 10.3. The van der Waals surface area contributed by atoms with Crippen LogP contribution in [0.25, 0.3) is 0 Å². The molecule has 0 radical (unpaired) electrons. The van der Waals surface area contributed by atoms with E-state index in [9.17, 15) is 8.42 Å². The zero-order chi connectivity index (χ0) is 12.3. The second-order valence-corrected chi connectivity index (χ2v) is 3.34. The van der Waals surface area contributed by atoms with Gasteiger partial charge in [-0.15, -0.1) is 0 Å². The molecule has 0 bridgehead atoms. The lowest BCUT2D eigenvalue weighted by molar-refractivity contribution is 0.0585. The maximum atomic E-state index is 9.87. The number of hydrogen-bond acceptors (Lipinski definition) is 6. The van der Waals surface area contributed by atoms with Gasteiger partial charge in [-0.25, -0.2) is 4.18 Å². The van der Waals surface area contributed by atoms with Crippen LogP contribution in [-0.4, -0.2) is 55.7 Å². The highest BCUT2D eigenvalue weighted by atomic mass is 32.3. The number of hydrogen-bond donors (Lipinski definition) is 3. The fourth-order valence-corrected chi connectivity index (χ4v) is 0.960. The third kappa shape index (κ3) is 16.4. The third-order valence-corrected chi connectivity index (χ3v) is 1.59. The Hall–Kier alpha value is -0.250. The highest BCUT2D eigenvalue weighted by Crippen LogP contribution is 1.94. The maximum absolute atomic E-state index is 9.87. The molecule has 7 nitrogen and oxygen atoms in total. The van der Waals surface area contributed by atoms with E-state index in [0.717, 1.165) is 13.2 Å². The van der Waals surface area contributed by atoms with E-state index in [-0.39, 0.29) is 0 Å². The molecule has 0 aromatic rings. The summed E-state index contributed by atoms with van der Waals surface area (Å²) >= 11 is 0. The molecule has 0 aliphatic carbocycles. The summed E-state index contributed by atoms with van der Waals surface area (Å²) < 4.78 is 36.3. The second-order valence-electron chi connectivity index (χ2n) is 2.29. The van der Waals surface area contributed by atoms with Crippen LogP contribution >= 0.6 is 0 Å². The van der Waals surface area contributed by atoms with E-state index in [1.54, 1.807) is 0 Å². The first-order chi connectivity index (χ1) is 6.91. The molecule has 0 heterocycles. The van der Waals surface area contributed by atoms with Crippen molar-refractivity contribution >= 4 is 10.4 Å². The quantitative estimate of drug-likeness (QED) is 0.526. The van der Waals surface area contributed by atoms with Crippen molar-refractivity contribution in [2.75, 3.05) is 26.4 Å². The zero-order valence-corrected chi connectivity index (χ0v) is 9.61. The largest absolute Gasteiger partial charge is 0.397 e. The molecule has 0 unspecified atom stereocenters. The topological polar surface area (TPSA) is 113 Å². The Balaban J connectivity index is 0. The Bertz CT molecular complexity index is 207. The predicted molar refractivity (Wildman–Crippen MR) is 52.8 cm³/mol. The Morgan fingerprint density at radius 1 is 1.13 bits per heavy atom. The third-order valence-electron chi connectivity index (χ3n) is 1.07. The summed E-state index contributed by atoms with van der Waals surface area (Å²) in [7, 11) is -4.57. The SMILES string of the molecule is CCOCC.O=S(=O)(O)OC(CO)CO. The van der Waals surface area contributed by atoms with Crippen molar-refractivity contribution < 1.29 is 32.1 Å². The van der Waals surface area contributed by atoms with E-state index in [2.05, 4.69) is 4.18 Å². The molecule has 0 fully saturated rings. The van der Waals surface area contributed by atoms with Gasteiger partial charge >= 0.3 is 10.4 Å². The molecule has 0 spiro atoms.